The highest BCUT2D eigenvalue weighted by Crippen LogP contribution is 1.81. The van der Waals surface area contributed by atoms with Crippen molar-refractivity contribution in [3.8, 4) is 0 Å². The normalized spacial score (nSPS) is 7.62. The number of hydrogen-bond acceptors (Lipinski definition) is 4. The van der Waals surface area contributed by atoms with Gasteiger partial charge in [-0.05, 0) is 13.8 Å². The number of carboxylic acids is 1. The lowest BCUT2D eigenvalue weighted by Crippen LogP contribution is -2.19. The van der Waals surface area contributed by atoms with E-state index in [2.05, 4.69) is 11.3 Å². The van der Waals surface area contributed by atoms with E-state index in [1.165, 1.54) is 12.4 Å². The molecule has 0 saturated carbocycles. The third-order valence-electron chi connectivity index (χ3n) is 0.732. The molecule has 0 fully saturated rings. The summed E-state index contributed by atoms with van der Waals surface area (Å²) in [5.74, 6) is -0.935. The van der Waals surface area contributed by atoms with Gasteiger partial charge in [0.2, 0.25) is 0 Å². The lowest BCUT2D eigenvalue weighted by Gasteiger charge is -1.94. The molecule has 13 heavy (non-hydrogen) atoms. The van der Waals surface area contributed by atoms with Crippen LogP contribution < -0.4 is 5.48 Å². The summed E-state index contributed by atoms with van der Waals surface area (Å²) in [5, 5.41) is 15.6. The Labute approximate surface area is 75.8 Å². The molecular weight excluding hydrogens is 178 g/mol. The fourth-order valence-corrected chi connectivity index (χ4v) is 0.163. The van der Waals surface area contributed by atoms with Crippen molar-refractivity contribution in [3.63, 3.8) is 0 Å². The summed E-state index contributed by atoms with van der Waals surface area (Å²) in [6.45, 7) is 6.52. The number of rotatable bonds is 2. The Morgan fingerprint density at radius 2 is 1.92 bits per heavy atom. The maximum atomic E-state index is 9.83. The van der Waals surface area contributed by atoms with Crippen molar-refractivity contribution < 1.29 is 24.6 Å². The van der Waals surface area contributed by atoms with E-state index >= 15 is 0 Å². The Bertz CT molecular complexity index is 177. The van der Waals surface area contributed by atoms with Crippen LogP contribution in [0.1, 0.15) is 13.8 Å². The van der Waals surface area contributed by atoms with Crippen LogP contribution in [0.3, 0.4) is 0 Å². The molecule has 0 spiro atoms. The van der Waals surface area contributed by atoms with E-state index in [-0.39, 0.29) is 12.2 Å². The Kier molecular flexibility index (Phi) is 9.19. The van der Waals surface area contributed by atoms with Gasteiger partial charge in [-0.15, -0.1) is 0 Å². The van der Waals surface area contributed by atoms with Crippen molar-refractivity contribution in [2.75, 3.05) is 6.61 Å². The van der Waals surface area contributed by atoms with Crippen LogP contribution in [0.4, 0.5) is 4.79 Å². The Balaban J connectivity index is 0. The Morgan fingerprint density at radius 1 is 1.54 bits per heavy atom. The number of hydroxylamine groups is 1. The van der Waals surface area contributed by atoms with Crippen molar-refractivity contribution in [1.82, 2.24) is 5.48 Å². The molecular formula is C7H13NO5. The second-order valence-corrected chi connectivity index (χ2v) is 1.92. The third kappa shape index (κ3) is 13.4. The van der Waals surface area contributed by atoms with E-state index in [9.17, 15) is 9.59 Å². The van der Waals surface area contributed by atoms with E-state index in [4.69, 9.17) is 10.3 Å². The number of nitrogens with one attached hydrogen (secondary N) is 1. The molecule has 0 aliphatic rings. The predicted octanol–water partition coefficient (Wildman–Crippen LogP) is 0.769. The van der Waals surface area contributed by atoms with Crippen LogP contribution in [0, 0.1) is 0 Å². The summed E-state index contributed by atoms with van der Waals surface area (Å²) < 4.78 is 4.19. The van der Waals surface area contributed by atoms with Crippen LogP contribution in [0.25, 0.3) is 0 Å². The topological polar surface area (TPSA) is 95.9 Å². The van der Waals surface area contributed by atoms with Gasteiger partial charge in [-0.3, -0.25) is 5.21 Å². The Morgan fingerprint density at radius 3 is 2.00 bits per heavy atom. The van der Waals surface area contributed by atoms with Gasteiger partial charge in [-0.1, -0.05) is 6.58 Å². The number of carbonyl (C=O) groups excluding carboxylic acids is 1. The SMILES string of the molecule is C=C(C)C(=O)O.CCOC(=O)NO. The van der Waals surface area contributed by atoms with Crippen molar-refractivity contribution in [2.24, 2.45) is 0 Å². The molecule has 0 aromatic rings. The largest absolute Gasteiger partial charge is 0.478 e. The molecule has 0 heterocycles. The fourth-order valence-electron chi connectivity index (χ4n) is 0.163. The third-order valence-corrected chi connectivity index (χ3v) is 0.732. The van der Waals surface area contributed by atoms with Gasteiger partial charge >= 0.3 is 12.1 Å². The molecule has 0 bridgehead atoms. The highest BCUT2D eigenvalue weighted by atomic mass is 16.6. The lowest BCUT2D eigenvalue weighted by molar-refractivity contribution is -0.132. The highest BCUT2D eigenvalue weighted by molar-refractivity contribution is 5.84. The molecule has 0 rings (SSSR count). The first kappa shape index (κ1) is 14.0. The molecule has 0 aromatic carbocycles. The van der Waals surface area contributed by atoms with Crippen LogP contribution in [0.5, 0.6) is 0 Å². The molecule has 1 amide bonds. The van der Waals surface area contributed by atoms with Crippen LogP contribution in [-0.4, -0.2) is 29.0 Å². The fraction of sp³-hybridized carbons (Fsp3) is 0.429. The first-order valence-corrected chi connectivity index (χ1v) is 3.41. The first-order chi connectivity index (χ1) is 5.95. The van der Waals surface area contributed by atoms with Gasteiger partial charge in [0.25, 0.3) is 0 Å². The molecule has 0 aliphatic heterocycles. The summed E-state index contributed by atoms with van der Waals surface area (Å²) in [7, 11) is 0. The van der Waals surface area contributed by atoms with Crippen molar-refractivity contribution in [2.45, 2.75) is 13.8 Å². The second-order valence-electron chi connectivity index (χ2n) is 1.92. The van der Waals surface area contributed by atoms with E-state index in [1.54, 1.807) is 6.92 Å². The lowest BCUT2D eigenvalue weighted by atomic mass is 10.4. The monoisotopic (exact) mass is 191 g/mol. The average molecular weight is 191 g/mol. The van der Waals surface area contributed by atoms with Gasteiger partial charge in [0.1, 0.15) is 0 Å². The molecule has 0 atom stereocenters. The van der Waals surface area contributed by atoms with Crippen LogP contribution in [-0.2, 0) is 9.53 Å². The molecule has 0 radical (unpaired) electrons. The van der Waals surface area contributed by atoms with Gasteiger partial charge < -0.3 is 9.84 Å². The van der Waals surface area contributed by atoms with E-state index < -0.39 is 12.1 Å². The van der Waals surface area contributed by atoms with E-state index in [1.807, 2.05) is 0 Å². The molecule has 6 heteroatoms. The zero-order valence-electron chi connectivity index (χ0n) is 7.53. The summed E-state index contributed by atoms with van der Waals surface area (Å²) in [5.41, 5.74) is 1.48. The van der Waals surface area contributed by atoms with Gasteiger partial charge in [-0.25, -0.2) is 15.1 Å². The minimum atomic E-state index is -0.935. The number of aliphatic carboxylic acids is 1. The molecule has 0 aliphatic carbocycles. The summed E-state index contributed by atoms with van der Waals surface area (Å²) >= 11 is 0. The quantitative estimate of drug-likeness (QED) is 0.340. The van der Waals surface area contributed by atoms with Gasteiger partial charge in [0.05, 0.1) is 6.61 Å². The highest BCUT2D eigenvalue weighted by Gasteiger charge is 1.91. The smallest absolute Gasteiger partial charge is 0.431 e. The molecule has 76 valence electrons. The molecule has 6 nitrogen and oxygen atoms in total. The summed E-state index contributed by atoms with van der Waals surface area (Å²) in [6, 6.07) is 0. The molecule has 0 aromatic heterocycles. The van der Waals surface area contributed by atoms with Gasteiger partial charge in [0, 0.05) is 5.57 Å². The number of hydrogen-bond donors (Lipinski definition) is 3. The standard InChI is InChI=1S/C4H6O2.C3H7NO3/c1-3(2)4(5)6;1-2-7-3(5)4-6/h1H2,2H3,(H,5,6);6H,2H2,1H3,(H,4,5). The second kappa shape index (κ2) is 8.54. The first-order valence-electron chi connectivity index (χ1n) is 3.41. The van der Waals surface area contributed by atoms with Crippen molar-refractivity contribution in [3.05, 3.63) is 12.2 Å². The van der Waals surface area contributed by atoms with Crippen molar-refractivity contribution >= 4 is 12.1 Å². The van der Waals surface area contributed by atoms with Crippen molar-refractivity contribution in [1.29, 1.82) is 0 Å². The maximum Gasteiger partial charge on any atom is 0.431 e. The minimum Gasteiger partial charge on any atom is -0.478 e. The molecule has 0 unspecified atom stereocenters. The zero-order chi connectivity index (χ0) is 10.9. The number of carboxylic acid groups (broad SMARTS) is 1. The number of amides is 1. The minimum absolute atomic E-state index is 0.176. The maximum absolute atomic E-state index is 9.83. The predicted molar refractivity (Wildman–Crippen MR) is 44.4 cm³/mol. The van der Waals surface area contributed by atoms with Crippen LogP contribution in [0.2, 0.25) is 0 Å². The average Bonchev–Trinajstić information content (AvgIpc) is 2.05. The number of carbonyl (C=O) groups is 2. The number of ether oxygens (including phenoxy) is 1. The van der Waals surface area contributed by atoms with Gasteiger partial charge in [-0.2, -0.15) is 0 Å². The van der Waals surface area contributed by atoms with E-state index in [0.717, 1.165) is 0 Å². The van der Waals surface area contributed by atoms with Crippen LogP contribution in [0.15, 0.2) is 12.2 Å². The Hall–Kier alpha value is -1.56. The van der Waals surface area contributed by atoms with Crippen LogP contribution >= 0.6 is 0 Å². The summed E-state index contributed by atoms with van der Waals surface area (Å²) in [6.07, 6.45) is -0.817. The van der Waals surface area contributed by atoms with Gasteiger partial charge in [0.15, 0.2) is 0 Å². The summed E-state index contributed by atoms with van der Waals surface area (Å²) in [4.78, 5) is 19.4. The zero-order valence-corrected chi connectivity index (χ0v) is 7.53. The molecule has 3 N–H and O–H groups in total. The van der Waals surface area contributed by atoms with E-state index in [0.29, 0.717) is 0 Å². The molecule has 0 saturated heterocycles.